The normalized spacial score (nSPS) is 13.2. The molecule has 0 saturated carbocycles. The number of rotatable bonds is 4. The van der Waals surface area contributed by atoms with E-state index in [9.17, 15) is 4.79 Å². The van der Waals surface area contributed by atoms with Gasteiger partial charge in [-0.25, -0.2) is 0 Å². The van der Waals surface area contributed by atoms with Gasteiger partial charge in [0.1, 0.15) is 18.1 Å². The van der Waals surface area contributed by atoms with Gasteiger partial charge < -0.3 is 9.47 Å². The average molecular weight is 218 g/mol. The van der Waals surface area contributed by atoms with Gasteiger partial charge in [0.05, 0.1) is 5.56 Å². The number of benzene rings is 1. The van der Waals surface area contributed by atoms with E-state index in [1.807, 2.05) is 6.92 Å². The number of ether oxygens (including phenoxy) is 2. The zero-order chi connectivity index (χ0) is 11.5. The third-order valence-electron chi connectivity index (χ3n) is 2.56. The maximum Gasteiger partial charge on any atom is 0.203 e. The van der Waals surface area contributed by atoms with E-state index in [2.05, 4.69) is 6.58 Å². The van der Waals surface area contributed by atoms with Gasteiger partial charge in [-0.1, -0.05) is 13.5 Å². The summed E-state index contributed by atoms with van der Waals surface area (Å²) in [5.74, 6) is 1.35. The van der Waals surface area contributed by atoms with Crippen molar-refractivity contribution in [3.63, 3.8) is 0 Å². The third-order valence-corrected chi connectivity index (χ3v) is 2.56. The molecule has 3 nitrogen and oxygen atoms in total. The number of carbonyl (C=O) groups is 1. The number of carbonyl (C=O) groups excluding carboxylic acids is 1. The Kier molecular flexibility index (Phi) is 2.95. The minimum Gasteiger partial charge on any atom is -0.489 e. The van der Waals surface area contributed by atoms with Crippen molar-refractivity contribution < 1.29 is 14.3 Å². The van der Waals surface area contributed by atoms with Gasteiger partial charge >= 0.3 is 0 Å². The molecule has 0 bridgehead atoms. The molecule has 3 heteroatoms. The minimum atomic E-state index is 0.0273. The summed E-state index contributed by atoms with van der Waals surface area (Å²) in [7, 11) is 0. The van der Waals surface area contributed by atoms with E-state index in [1.165, 1.54) is 0 Å². The fourth-order valence-electron chi connectivity index (χ4n) is 1.45. The summed E-state index contributed by atoms with van der Waals surface area (Å²) in [6.07, 6.45) is 0.903. The molecule has 16 heavy (non-hydrogen) atoms. The molecular weight excluding hydrogens is 204 g/mol. The van der Waals surface area contributed by atoms with Crippen molar-refractivity contribution >= 4 is 5.78 Å². The summed E-state index contributed by atoms with van der Waals surface area (Å²) in [6, 6.07) is 5.28. The van der Waals surface area contributed by atoms with E-state index in [1.54, 1.807) is 18.2 Å². The van der Waals surface area contributed by atoms with Crippen LogP contribution >= 0.6 is 0 Å². The first-order valence-corrected chi connectivity index (χ1v) is 5.30. The highest BCUT2D eigenvalue weighted by molar-refractivity contribution is 6.02. The van der Waals surface area contributed by atoms with E-state index in [0.717, 1.165) is 12.0 Å². The molecule has 1 aliphatic rings. The van der Waals surface area contributed by atoms with Gasteiger partial charge in [0.25, 0.3) is 0 Å². The molecule has 1 aromatic rings. The van der Waals surface area contributed by atoms with Crippen molar-refractivity contribution in [2.24, 2.45) is 0 Å². The first-order chi connectivity index (χ1) is 7.70. The lowest BCUT2D eigenvalue weighted by Crippen LogP contribution is -1.99. The fraction of sp³-hybridized carbons (Fsp3) is 0.308. The Bertz CT molecular complexity index is 435. The highest BCUT2D eigenvalue weighted by Crippen LogP contribution is 2.29. The average Bonchev–Trinajstić information content (AvgIpc) is 2.67. The Balaban J connectivity index is 2.08. The zero-order valence-electron chi connectivity index (χ0n) is 9.29. The lowest BCUT2D eigenvalue weighted by molar-refractivity contribution is 0.0961. The summed E-state index contributed by atoms with van der Waals surface area (Å²) in [6.45, 7) is 6.54. The molecule has 1 aromatic carbocycles. The molecule has 0 N–H and O–H groups in total. The highest BCUT2D eigenvalue weighted by Gasteiger charge is 2.21. The van der Waals surface area contributed by atoms with Crippen molar-refractivity contribution in [2.75, 3.05) is 13.2 Å². The van der Waals surface area contributed by atoms with Crippen molar-refractivity contribution in [2.45, 2.75) is 13.3 Å². The van der Waals surface area contributed by atoms with Crippen LogP contribution in [0.5, 0.6) is 11.5 Å². The predicted octanol–water partition coefficient (Wildman–Crippen LogP) is 2.61. The Morgan fingerprint density at radius 1 is 1.56 bits per heavy atom. The van der Waals surface area contributed by atoms with Crippen LogP contribution in [0, 0.1) is 0 Å². The predicted molar refractivity (Wildman–Crippen MR) is 61.2 cm³/mol. The Morgan fingerprint density at radius 2 is 2.38 bits per heavy atom. The van der Waals surface area contributed by atoms with Gasteiger partial charge in [-0.15, -0.1) is 0 Å². The molecule has 1 heterocycles. The number of ketones is 1. The molecule has 0 atom stereocenters. The second kappa shape index (κ2) is 4.39. The molecule has 0 aromatic heterocycles. The maximum absolute atomic E-state index is 11.3. The Labute approximate surface area is 94.7 Å². The van der Waals surface area contributed by atoms with E-state index >= 15 is 0 Å². The van der Waals surface area contributed by atoms with Gasteiger partial charge in [-0.2, -0.15) is 0 Å². The van der Waals surface area contributed by atoms with Crippen LogP contribution in [0.15, 0.2) is 30.4 Å². The van der Waals surface area contributed by atoms with Gasteiger partial charge in [-0.3, -0.25) is 4.79 Å². The second-order valence-corrected chi connectivity index (χ2v) is 3.76. The van der Waals surface area contributed by atoms with E-state index in [0.29, 0.717) is 23.7 Å². The summed E-state index contributed by atoms with van der Waals surface area (Å²) in [5, 5.41) is 0. The lowest BCUT2D eigenvalue weighted by Gasteiger charge is -2.07. The van der Waals surface area contributed by atoms with Gasteiger partial charge in [0.15, 0.2) is 6.61 Å². The van der Waals surface area contributed by atoms with Crippen LogP contribution in [0.1, 0.15) is 23.7 Å². The molecule has 0 amide bonds. The number of hydrogen-bond acceptors (Lipinski definition) is 3. The summed E-state index contributed by atoms with van der Waals surface area (Å²) in [5.41, 5.74) is 1.68. The largest absolute Gasteiger partial charge is 0.489 e. The molecule has 0 aliphatic carbocycles. The highest BCUT2D eigenvalue weighted by atomic mass is 16.5. The van der Waals surface area contributed by atoms with E-state index < -0.39 is 0 Å². The number of Topliss-reactive ketones (excluding diaryl/α,β-unsaturated/α-hetero) is 1. The Morgan fingerprint density at radius 3 is 3.12 bits per heavy atom. The SMILES string of the molecule is C=C(CC)COc1ccc2c(c1)OCC2=O. The molecule has 0 fully saturated rings. The standard InChI is InChI=1S/C13H14O3/c1-3-9(2)7-15-10-4-5-11-12(14)8-16-13(11)6-10/h4-6H,2-3,7-8H2,1H3. The van der Waals surface area contributed by atoms with Crippen molar-refractivity contribution in [1.29, 1.82) is 0 Å². The van der Waals surface area contributed by atoms with Gasteiger partial charge in [-0.05, 0) is 24.1 Å². The fourth-order valence-corrected chi connectivity index (χ4v) is 1.45. The van der Waals surface area contributed by atoms with Crippen molar-refractivity contribution in [3.8, 4) is 11.5 Å². The number of hydrogen-bond donors (Lipinski definition) is 0. The molecule has 1 aliphatic heterocycles. The van der Waals surface area contributed by atoms with Crippen LogP contribution in [-0.2, 0) is 0 Å². The van der Waals surface area contributed by atoms with Crippen LogP contribution in [0.25, 0.3) is 0 Å². The number of fused-ring (bicyclic) bond motifs is 1. The monoisotopic (exact) mass is 218 g/mol. The first-order valence-electron chi connectivity index (χ1n) is 5.30. The van der Waals surface area contributed by atoms with Gasteiger partial charge in [0, 0.05) is 6.07 Å². The minimum absolute atomic E-state index is 0.0273. The summed E-state index contributed by atoms with van der Waals surface area (Å²) >= 11 is 0. The molecule has 0 saturated heterocycles. The summed E-state index contributed by atoms with van der Waals surface area (Å²) in [4.78, 5) is 11.3. The molecule has 2 rings (SSSR count). The Hall–Kier alpha value is -1.77. The van der Waals surface area contributed by atoms with Crippen molar-refractivity contribution in [1.82, 2.24) is 0 Å². The van der Waals surface area contributed by atoms with Crippen LogP contribution in [0.4, 0.5) is 0 Å². The lowest BCUT2D eigenvalue weighted by atomic mass is 10.1. The van der Waals surface area contributed by atoms with Gasteiger partial charge in [0.2, 0.25) is 5.78 Å². The molecule has 0 unspecified atom stereocenters. The van der Waals surface area contributed by atoms with E-state index in [-0.39, 0.29) is 12.4 Å². The van der Waals surface area contributed by atoms with E-state index in [4.69, 9.17) is 9.47 Å². The topological polar surface area (TPSA) is 35.5 Å². The summed E-state index contributed by atoms with van der Waals surface area (Å²) < 4.78 is 10.8. The third kappa shape index (κ3) is 2.08. The molecule has 0 spiro atoms. The van der Waals surface area contributed by atoms with Crippen LogP contribution < -0.4 is 9.47 Å². The first kappa shape index (κ1) is 10.7. The molecular formula is C13H14O3. The zero-order valence-corrected chi connectivity index (χ0v) is 9.29. The van der Waals surface area contributed by atoms with Crippen LogP contribution in [0.2, 0.25) is 0 Å². The smallest absolute Gasteiger partial charge is 0.203 e. The van der Waals surface area contributed by atoms with Crippen LogP contribution in [-0.4, -0.2) is 19.0 Å². The van der Waals surface area contributed by atoms with Crippen molar-refractivity contribution in [3.05, 3.63) is 35.9 Å². The molecule has 84 valence electrons. The maximum atomic E-state index is 11.3. The molecule has 0 radical (unpaired) electrons. The second-order valence-electron chi connectivity index (χ2n) is 3.76. The van der Waals surface area contributed by atoms with Crippen LogP contribution in [0.3, 0.4) is 0 Å². The quantitative estimate of drug-likeness (QED) is 0.729.